The van der Waals surface area contributed by atoms with E-state index in [0.29, 0.717) is 0 Å². The fourth-order valence-electron chi connectivity index (χ4n) is 1.15. The van der Waals surface area contributed by atoms with E-state index in [1.807, 2.05) is 36.4 Å². The van der Waals surface area contributed by atoms with Crippen molar-refractivity contribution in [1.82, 2.24) is 9.97 Å². The predicted molar refractivity (Wildman–Crippen MR) is 59.0 cm³/mol. The fraction of sp³-hybridized carbons (Fsp3) is 0. The smallest absolute Gasteiger partial charge is 0.0924 e. The Morgan fingerprint density at radius 3 is 2.93 bits per heavy atom. The molecule has 2 rings (SSSR count). The summed E-state index contributed by atoms with van der Waals surface area (Å²) in [5.74, 6) is 0. The monoisotopic (exact) mass is 204 g/mol. The van der Waals surface area contributed by atoms with Gasteiger partial charge in [0.05, 0.1) is 18.2 Å². The molecule has 0 aliphatic rings. The summed E-state index contributed by atoms with van der Waals surface area (Å²) in [5.41, 5.74) is 2.05. The maximum absolute atomic E-state index is 5.85. The number of benzene rings is 1. The second-order valence-electron chi connectivity index (χ2n) is 2.90. The van der Waals surface area contributed by atoms with E-state index in [2.05, 4.69) is 9.97 Å². The molecule has 0 fully saturated rings. The topological polar surface area (TPSA) is 28.7 Å². The number of imidazole rings is 1. The van der Waals surface area contributed by atoms with Crippen molar-refractivity contribution >= 4 is 23.8 Å². The second-order valence-corrected chi connectivity index (χ2v) is 3.33. The first-order chi connectivity index (χ1) is 6.84. The van der Waals surface area contributed by atoms with E-state index >= 15 is 0 Å². The molecular weight excluding hydrogens is 196 g/mol. The number of nitrogens with one attached hydrogen (secondary N) is 1. The molecule has 1 heterocycles. The molecule has 0 amide bonds. The summed E-state index contributed by atoms with van der Waals surface area (Å²) in [4.78, 5) is 6.91. The average molecular weight is 205 g/mol. The number of aromatic nitrogens is 2. The van der Waals surface area contributed by atoms with Crippen molar-refractivity contribution < 1.29 is 0 Å². The Balaban J connectivity index is 2.18. The van der Waals surface area contributed by atoms with Crippen LogP contribution in [0.25, 0.3) is 12.2 Å². The molecule has 0 spiro atoms. The fourth-order valence-corrected chi connectivity index (χ4v) is 1.35. The van der Waals surface area contributed by atoms with E-state index in [-0.39, 0.29) is 0 Å². The lowest BCUT2D eigenvalue weighted by Crippen LogP contribution is -1.72. The lowest BCUT2D eigenvalue weighted by molar-refractivity contribution is 1.31. The molecule has 0 unspecified atom stereocenters. The van der Waals surface area contributed by atoms with Gasteiger partial charge in [-0.25, -0.2) is 4.98 Å². The van der Waals surface area contributed by atoms with E-state index in [1.54, 1.807) is 12.5 Å². The number of H-pyrrole nitrogens is 1. The first-order valence-corrected chi connectivity index (χ1v) is 4.64. The van der Waals surface area contributed by atoms with Crippen LogP contribution in [0.4, 0.5) is 0 Å². The molecule has 1 aromatic carbocycles. The van der Waals surface area contributed by atoms with E-state index in [1.165, 1.54) is 0 Å². The summed E-state index contributed by atoms with van der Waals surface area (Å²) < 4.78 is 0. The van der Waals surface area contributed by atoms with Gasteiger partial charge in [-0.15, -0.1) is 0 Å². The van der Waals surface area contributed by atoms with Gasteiger partial charge < -0.3 is 4.98 Å². The summed E-state index contributed by atoms with van der Waals surface area (Å²) in [6.07, 6.45) is 7.36. The third-order valence-electron chi connectivity index (χ3n) is 1.82. The molecule has 14 heavy (non-hydrogen) atoms. The number of rotatable bonds is 2. The molecule has 0 saturated carbocycles. The van der Waals surface area contributed by atoms with Crippen molar-refractivity contribution in [2.75, 3.05) is 0 Å². The van der Waals surface area contributed by atoms with Gasteiger partial charge in [0.2, 0.25) is 0 Å². The highest BCUT2D eigenvalue weighted by Gasteiger charge is 1.89. The van der Waals surface area contributed by atoms with Gasteiger partial charge in [0.1, 0.15) is 0 Å². The molecule has 0 aliphatic carbocycles. The van der Waals surface area contributed by atoms with Crippen LogP contribution in [0.3, 0.4) is 0 Å². The summed E-state index contributed by atoms with van der Waals surface area (Å²) in [6, 6.07) is 7.69. The summed E-state index contributed by atoms with van der Waals surface area (Å²) in [5, 5.41) is 0.747. The average Bonchev–Trinajstić information content (AvgIpc) is 2.67. The highest BCUT2D eigenvalue weighted by molar-refractivity contribution is 6.30. The van der Waals surface area contributed by atoms with Crippen molar-refractivity contribution in [3.8, 4) is 0 Å². The zero-order chi connectivity index (χ0) is 9.80. The zero-order valence-corrected chi connectivity index (χ0v) is 8.20. The first kappa shape index (κ1) is 9.03. The van der Waals surface area contributed by atoms with Gasteiger partial charge >= 0.3 is 0 Å². The maximum Gasteiger partial charge on any atom is 0.0924 e. The minimum Gasteiger partial charge on any atom is -0.345 e. The number of aromatic amines is 1. The molecule has 0 bridgehead atoms. The molecule has 0 aliphatic heterocycles. The van der Waals surface area contributed by atoms with E-state index < -0.39 is 0 Å². The third kappa shape index (κ3) is 2.24. The van der Waals surface area contributed by atoms with Crippen LogP contribution in [0.2, 0.25) is 5.02 Å². The molecule has 2 nitrogen and oxygen atoms in total. The molecule has 3 heteroatoms. The van der Waals surface area contributed by atoms with Crippen molar-refractivity contribution in [2.24, 2.45) is 0 Å². The van der Waals surface area contributed by atoms with Crippen molar-refractivity contribution in [1.29, 1.82) is 0 Å². The van der Waals surface area contributed by atoms with Gasteiger partial charge in [0.15, 0.2) is 0 Å². The Bertz CT molecular complexity index is 432. The maximum atomic E-state index is 5.85. The van der Waals surface area contributed by atoms with Gasteiger partial charge in [-0.2, -0.15) is 0 Å². The summed E-state index contributed by atoms with van der Waals surface area (Å²) in [7, 11) is 0. The van der Waals surface area contributed by atoms with Gasteiger partial charge in [-0.1, -0.05) is 29.8 Å². The Labute approximate surface area is 87.3 Å². The molecule has 0 saturated heterocycles. The first-order valence-electron chi connectivity index (χ1n) is 4.26. The Hall–Kier alpha value is -1.54. The predicted octanol–water partition coefficient (Wildman–Crippen LogP) is 3.23. The van der Waals surface area contributed by atoms with Crippen LogP contribution in [-0.2, 0) is 0 Å². The number of halogens is 1. The minimum absolute atomic E-state index is 0.747. The van der Waals surface area contributed by atoms with Crippen molar-refractivity contribution in [3.05, 3.63) is 53.1 Å². The summed E-state index contributed by atoms with van der Waals surface area (Å²) >= 11 is 5.85. The lowest BCUT2D eigenvalue weighted by atomic mass is 10.2. The second kappa shape index (κ2) is 4.11. The Kier molecular flexibility index (Phi) is 2.65. The molecule has 0 radical (unpaired) electrons. The van der Waals surface area contributed by atoms with Crippen LogP contribution in [0, 0.1) is 0 Å². The molecule has 70 valence electrons. The summed E-state index contributed by atoms with van der Waals surface area (Å²) in [6.45, 7) is 0. The Morgan fingerprint density at radius 1 is 1.29 bits per heavy atom. The van der Waals surface area contributed by atoms with Crippen LogP contribution in [0.1, 0.15) is 11.3 Å². The van der Waals surface area contributed by atoms with Crippen LogP contribution in [0.5, 0.6) is 0 Å². The minimum atomic E-state index is 0.747. The third-order valence-corrected chi connectivity index (χ3v) is 2.06. The largest absolute Gasteiger partial charge is 0.345 e. The highest BCUT2D eigenvalue weighted by Crippen LogP contribution is 2.12. The molecule has 1 N–H and O–H groups in total. The Morgan fingerprint density at radius 2 is 2.21 bits per heavy atom. The number of hydrogen-bond donors (Lipinski definition) is 1. The van der Waals surface area contributed by atoms with Gasteiger partial charge in [-0.3, -0.25) is 0 Å². The molecule has 0 atom stereocenters. The van der Waals surface area contributed by atoms with Gasteiger partial charge in [0.25, 0.3) is 0 Å². The van der Waals surface area contributed by atoms with Crippen molar-refractivity contribution in [3.63, 3.8) is 0 Å². The molecule has 1 aromatic heterocycles. The van der Waals surface area contributed by atoms with Crippen LogP contribution < -0.4 is 0 Å². The van der Waals surface area contributed by atoms with Crippen LogP contribution in [-0.4, -0.2) is 9.97 Å². The van der Waals surface area contributed by atoms with Crippen molar-refractivity contribution in [2.45, 2.75) is 0 Å². The van der Waals surface area contributed by atoms with Gasteiger partial charge in [0, 0.05) is 5.02 Å². The normalized spacial score (nSPS) is 10.9. The lowest BCUT2D eigenvalue weighted by Gasteiger charge is -1.93. The standard InChI is InChI=1S/C11H9ClN2/c12-10-3-1-2-9(6-10)4-5-11-7-13-8-14-11/h1-8H,(H,13,14)/b5-4-. The molecule has 2 aromatic rings. The van der Waals surface area contributed by atoms with Crippen LogP contribution >= 0.6 is 11.6 Å². The molecular formula is C11H9ClN2. The van der Waals surface area contributed by atoms with E-state index in [4.69, 9.17) is 11.6 Å². The quantitative estimate of drug-likeness (QED) is 0.800. The van der Waals surface area contributed by atoms with E-state index in [0.717, 1.165) is 16.3 Å². The highest BCUT2D eigenvalue weighted by atomic mass is 35.5. The number of hydrogen-bond acceptors (Lipinski definition) is 1. The number of nitrogens with zero attached hydrogens (tertiary/aromatic N) is 1. The SMILES string of the molecule is Clc1cccc(/C=C\c2cnc[nH]2)c1. The van der Waals surface area contributed by atoms with Crippen LogP contribution in [0.15, 0.2) is 36.8 Å². The van der Waals surface area contributed by atoms with E-state index in [9.17, 15) is 0 Å². The zero-order valence-electron chi connectivity index (χ0n) is 7.44. The van der Waals surface area contributed by atoms with Gasteiger partial charge in [-0.05, 0) is 23.8 Å².